The second-order valence-electron chi connectivity index (χ2n) is 5.71. The van der Waals surface area contributed by atoms with Crippen molar-refractivity contribution >= 4 is 5.91 Å². The maximum atomic E-state index is 12.6. The third kappa shape index (κ3) is 5.28. The monoisotopic (exact) mass is 316 g/mol. The Balaban J connectivity index is 2.91. The highest BCUT2D eigenvalue weighted by atomic mass is 16.5. The summed E-state index contributed by atoms with van der Waals surface area (Å²) in [4.78, 5) is 14.4. The lowest BCUT2D eigenvalue weighted by molar-refractivity contribution is -0.133. The van der Waals surface area contributed by atoms with Crippen LogP contribution in [0.25, 0.3) is 0 Å². The van der Waals surface area contributed by atoms with Crippen LogP contribution >= 0.6 is 0 Å². The van der Waals surface area contributed by atoms with Gasteiger partial charge in [-0.15, -0.1) is 0 Å². The van der Waals surface area contributed by atoms with Gasteiger partial charge in [-0.3, -0.25) is 4.79 Å². The van der Waals surface area contributed by atoms with Gasteiger partial charge in [-0.05, 0) is 42.9 Å². The van der Waals surface area contributed by atoms with Crippen molar-refractivity contribution < 1.29 is 9.53 Å². The Morgan fingerprint density at radius 3 is 2.39 bits per heavy atom. The molecule has 1 aromatic carbocycles. The number of hydrogen-bond acceptors (Lipinski definition) is 3. The van der Waals surface area contributed by atoms with Crippen molar-refractivity contribution in [1.29, 1.82) is 5.26 Å². The second-order valence-corrected chi connectivity index (χ2v) is 5.71. The number of hydrogen-bond donors (Lipinski definition) is 0. The summed E-state index contributed by atoms with van der Waals surface area (Å²) in [5.74, 6) is 0.186. The lowest BCUT2D eigenvalue weighted by atomic mass is 9.96. The summed E-state index contributed by atoms with van der Waals surface area (Å²) in [7, 11) is 1.66. The average molecular weight is 316 g/mol. The molecule has 0 fully saturated rings. The largest absolute Gasteiger partial charge is 0.496 e. The van der Waals surface area contributed by atoms with Gasteiger partial charge in [0.25, 0.3) is 0 Å². The Bertz CT molecular complexity index is 543. The minimum atomic E-state index is -0.619. The highest BCUT2D eigenvalue weighted by Crippen LogP contribution is 2.22. The molecule has 0 aliphatic carbocycles. The lowest BCUT2D eigenvalue weighted by Crippen LogP contribution is -2.37. The molecule has 23 heavy (non-hydrogen) atoms. The van der Waals surface area contributed by atoms with Crippen molar-refractivity contribution in [3.63, 3.8) is 0 Å². The maximum absolute atomic E-state index is 12.6. The first-order valence-corrected chi connectivity index (χ1v) is 8.45. The predicted molar refractivity (Wildman–Crippen MR) is 92.3 cm³/mol. The molecular formula is C19H28N2O2. The van der Waals surface area contributed by atoms with Crippen LogP contribution in [0.1, 0.15) is 44.7 Å². The van der Waals surface area contributed by atoms with Crippen molar-refractivity contribution in [2.24, 2.45) is 5.92 Å². The molecule has 1 aromatic rings. The van der Waals surface area contributed by atoms with Gasteiger partial charge in [0.1, 0.15) is 11.7 Å². The number of ether oxygens (including phenoxy) is 1. The molecule has 0 aliphatic rings. The third-order valence-corrected chi connectivity index (χ3v) is 3.92. The van der Waals surface area contributed by atoms with Crippen LogP contribution in [0, 0.1) is 17.2 Å². The van der Waals surface area contributed by atoms with E-state index in [1.807, 2.05) is 36.9 Å². The van der Waals surface area contributed by atoms with E-state index >= 15 is 0 Å². The first kappa shape index (κ1) is 19.0. The van der Waals surface area contributed by atoms with Gasteiger partial charge in [0.2, 0.25) is 5.91 Å². The van der Waals surface area contributed by atoms with Gasteiger partial charge in [0.05, 0.1) is 13.2 Å². The lowest BCUT2D eigenvalue weighted by Gasteiger charge is -2.24. The highest BCUT2D eigenvalue weighted by Gasteiger charge is 2.23. The number of nitrogens with zero attached hydrogens (tertiary/aromatic N) is 2. The molecule has 0 aromatic heterocycles. The number of benzene rings is 1. The normalized spacial score (nSPS) is 11.6. The van der Waals surface area contributed by atoms with Crippen molar-refractivity contribution in [2.45, 2.75) is 46.5 Å². The van der Waals surface area contributed by atoms with Crippen LogP contribution in [0.15, 0.2) is 18.2 Å². The van der Waals surface area contributed by atoms with E-state index in [1.54, 1.807) is 7.11 Å². The van der Waals surface area contributed by atoms with E-state index in [0.29, 0.717) is 19.5 Å². The third-order valence-electron chi connectivity index (χ3n) is 3.92. The van der Waals surface area contributed by atoms with E-state index in [-0.39, 0.29) is 5.91 Å². The standard InChI is InChI=1S/C19H28N2O2/c1-5-10-21(11-6-2)19(22)17(14-20)13-15-8-9-18(23-4)16(7-3)12-15/h8-9,12,17H,5-7,10-11,13H2,1-4H3. The zero-order chi connectivity index (χ0) is 17.2. The molecule has 4 nitrogen and oxygen atoms in total. The molecule has 0 spiro atoms. The molecule has 4 heteroatoms. The van der Waals surface area contributed by atoms with Crippen LogP contribution in [-0.4, -0.2) is 31.0 Å². The molecule has 0 N–H and O–H groups in total. The Hall–Kier alpha value is -2.02. The number of aryl methyl sites for hydroxylation is 1. The minimum absolute atomic E-state index is 0.0509. The fourth-order valence-corrected chi connectivity index (χ4v) is 2.75. The van der Waals surface area contributed by atoms with Crippen molar-refractivity contribution in [3.05, 3.63) is 29.3 Å². The van der Waals surface area contributed by atoms with Gasteiger partial charge in [-0.1, -0.05) is 32.9 Å². The zero-order valence-corrected chi connectivity index (χ0v) is 14.8. The second kappa shape index (κ2) is 9.89. The maximum Gasteiger partial charge on any atom is 0.240 e. The molecule has 0 radical (unpaired) electrons. The molecular weight excluding hydrogens is 288 g/mol. The molecule has 1 unspecified atom stereocenters. The van der Waals surface area contributed by atoms with Gasteiger partial charge < -0.3 is 9.64 Å². The van der Waals surface area contributed by atoms with Crippen LogP contribution < -0.4 is 4.74 Å². The summed E-state index contributed by atoms with van der Waals surface area (Å²) in [6.07, 6.45) is 3.13. The summed E-state index contributed by atoms with van der Waals surface area (Å²) in [5, 5.41) is 9.45. The SMILES string of the molecule is CCCN(CCC)C(=O)C(C#N)Cc1ccc(OC)c(CC)c1. The number of amides is 1. The van der Waals surface area contributed by atoms with Crippen LogP contribution in [0.3, 0.4) is 0 Å². The summed E-state index contributed by atoms with van der Waals surface area (Å²) >= 11 is 0. The molecule has 0 heterocycles. The Kier molecular flexibility index (Phi) is 8.18. The van der Waals surface area contributed by atoms with Crippen molar-refractivity contribution in [1.82, 2.24) is 4.90 Å². The fraction of sp³-hybridized carbons (Fsp3) is 0.579. The molecule has 1 atom stereocenters. The van der Waals surface area contributed by atoms with E-state index in [2.05, 4.69) is 13.0 Å². The number of rotatable bonds is 9. The first-order valence-electron chi connectivity index (χ1n) is 8.45. The van der Waals surface area contributed by atoms with Gasteiger partial charge >= 0.3 is 0 Å². The molecule has 0 bridgehead atoms. The molecule has 0 saturated carbocycles. The summed E-state index contributed by atoms with van der Waals surface area (Å²) < 4.78 is 5.33. The van der Waals surface area contributed by atoms with E-state index in [9.17, 15) is 10.1 Å². The van der Waals surface area contributed by atoms with Crippen LogP contribution in [-0.2, 0) is 17.6 Å². The topological polar surface area (TPSA) is 53.3 Å². The number of methoxy groups -OCH3 is 1. The summed E-state index contributed by atoms with van der Waals surface area (Å²) in [6, 6.07) is 8.10. The van der Waals surface area contributed by atoms with E-state index in [1.165, 1.54) is 0 Å². The smallest absolute Gasteiger partial charge is 0.240 e. The summed E-state index contributed by atoms with van der Waals surface area (Å²) in [6.45, 7) is 7.60. The van der Waals surface area contributed by atoms with Gasteiger partial charge in [-0.25, -0.2) is 0 Å². The highest BCUT2D eigenvalue weighted by molar-refractivity contribution is 5.81. The number of carbonyl (C=O) groups is 1. The van der Waals surface area contributed by atoms with Crippen molar-refractivity contribution in [2.75, 3.05) is 20.2 Å². The number of carbonyl (C=O) groups excluding carboxylic acids is 1. The first-order chi connectivity index (χ1) is 11.1. The summed E-state index contributed by atoms with van der Waals surface area (Å²) in [5.41, 5.74) is 2.11. The predicted octanol–water partition coefficient (Wildman–Crippen LogP) is 3.59. The molecule has 126 valence electrons. The zero-order valence-electron chi connectivity index (χ0n) is 14.8. The minimum Gasteiger partial charge on any atom is -0.496 e. The molecule has 0 saturated heterocycles. The molecule has 1 rings (SSSR count). The van der Waals surface area contributed by atoms with E-state index in [0.717, 1.165) is 36.1 Å². The van der Waals surface area contributed by atoms with Crippen LogP contribution in [0.5, 0.6) is 5.75 Å². The quantitative estimate of drug-likeness (QED) is 0.699. The van der Waals surface area contributed by atoms with Gasteiger partial charge in [-0.2, -0.15) is 5.26 Å². The average Bonchev–Trinajstić information content (AvgIpc) is 2.58. The van der Waals surface area contributed by atoms with Gasteiger partial charge in [0.15, 0.2) is 0 Å². The van der Waals surface area contributed by atoms with Crippen molar-refractivity contribution in [3.8, 4) is 11.8 Å². The molecule has 1 amide bonds. The number of nitriles is 1. The van der Waals surface area contributed by atoms with E-state index < -0.39 is 5.92 Å². The Labute approximate surface area is 140 Å². The van der Waals surface area contributed by atoms with Crippen LogP contribution in [0.2, 0.25) is 0 Å². The Morgan fingerprint density at radius 1 is 1.26 bits per heavy atom. The van der Waals surface area contributed by atoms with Gasteiger partial charge in [0, 0.05) is 13.1 Å². The molecule has 0 aliphatic heterocycles. The fourth-order valence-electron chi connectivity index (χ4n) is 2.75. The van der Waals surface area contributed by atoms with Crippen LogP contribution in [0.4, 0.5) is 0 Å². The Morgan fingerprint density at radius 2 is 1.91 bits per heavy atom. The van der Waals surface area contributed by atoms with E-state index in [4.69, 9.17) is 4.74 Å².